The number of fused-ring (bicyclic) bond motifs is 1. The van der Waals surface area contributed by atoms with Gasteiger partial charge in [-0.05, 0) is 23.3 Å². The van der Waals surface area contributed by atoms with E-state index in [-0.39, 0.29) is 0 Å². The van der Waals surface area contributed by atoms with E-state index in [0.29, 0.717) is 5.37 Å². The highest BCUT2D eigenvalue weighted by Crippen LogP contribution is 2.26. The second-order valence-corrected chi connectivity index (χ2v) is 3.03. The molecule has 2 rings (SSSR count). The van der Waals surface area contributed by atoms with Crippen LogP contribution in [0.4, 0.5) is 0 Å². The van der Waals surface area contributed by atoms with Crippen LogP contribution in [0.25, 0.3) is 0 Å². The van der Waals surface area contributed by atoms with E-state index in [2.05, 4.69) is 29.0 Å². The van der Waals surface area contributed by atoms with Crippen LogP contribution in [-0.4, -0.2) is 5.37 Å². The summed E-state index contributed by atoms with van der Waals surface area (Å²) in [5.74, 6) is 0. The first kappa shape index (κ1) is 5.18. The Kier molecular flexibility index (Phi) is 1.12. The third kappa shape index (κ3) is 0.793. The van der Waals surface area contributed by atoms with E-state index in [1.54, 1.807) is 0 Å². The summed E-state index contributed by atoms with van der Waals surface area (Å²) in [6.07, 6.45) is 8.32. The Balaban J connectivity index is 2.31. The quantitative estimate of drug-likeness (QED) is 0.544. The van der Waals surface area contributed by atoms with Gasteiger partial charge < -0.3 is 5.32 Å². The Morgan fingerprint density at radius 3 is 3.44 bits per heavy atom. The molecule has 0 aliphatic carbocycles. The minimum Gasteiger partial charge on any atom is -0.375 e. The number of allylic oxidation sites excluding steroid dienone is 2. The summed E-state index contributed by atoms with van der Waals surface area (Å²) in [5, 5.41) is 5.82. The molecule has 0 spiro atoms. The second kappa shape index (κ2) is 1.95. The first-order valence-electron chi connectivity index (χ1n) is 2.91. The molecule has 2 heteroatoms. The predicted octanol–water partition coefficient (Wildman–Crippen LogP) is 1.62. The van der Waals surface area contributed by atoms with Crippen LogP contribution in [0.5, 0.6) is 0 Å². The molecule has 1 N–H and O–H groups in total. The lowest BCUT2D eigenvalue weighted by atomic mass is 10.2. The molecule has 46 valence electrons. The average Bonchev–Trinajstić information content (AvgIpc) is 2.33. The maximum Gasteiger partial charge on any atom is 0.102 e. The fraction of sp³-hybridized carbons (Fsp3) is 0.143. The minimum atomic E-state index is 0.495. The van der Waals surface area contributed by atoms with Gasteiger partial charge in [0, 0.05) is 0 Å². The lowest BCUT2D eigenvalue weighted by Gasteiger charge is -2.11. The zero-order chi connectivity index (χ0) is 6.10. The number of nitrogens with one attached hydrogen (secondary N) is 1. The van der Waals surface area contributed by atoms with E-state index in [1.807, 2.05) is 18.0 Å². The molecule has 2 aliphatic rings. The monoisotopic (exact) mass is 137 g/mol. The average molecular weight is 137 g/mol. The SMILES string of the molecule is C1=CSC2NC=CC2=C1. The summed E-state index contributed by atoms with van der Waals surface area (Å²) in [7, 11) is 0. The van der Waals surface area contributed by atoms with Gasteiger partial charge in [-0.25, -0.2) is 0 Å². The van der Waals surface area contributed by atoms with Crippen molar-refractivity contribution in [3.8, 4) is 0 Å². The maximum absolute atomic E-state index is 3.22. The fourth-order valence-corrected chi connectivity index (χ4v) is 1.75. The van der Waals surface area contributed by atoms with E-state index >= 15 is 0 Å². The molecular formula is C7H7NS. The third-order valence-corrected chi connectivity index (χ3v) is 2.40. The summed E-state index contributed by atoms with van der Waals surface area (Å²) in [6, 6.07) is 0. The molecule has 0 bridgehead atoms. The summed E-state index contributed by atoms with van der Waals surface area (Å²) < 4.78 is 0. The van der Waals surface area contributed by atoms with Crippen molar-refractivity contribution in [2.75, 3.05) is 0 Å². The first-order valence-corrected chi connectivity index (χ1v) is 3.86. The van der Waals surface area contributed by atoms with Crippen molar-refractivity contribution in [2.45, 2.75) is 5.37 Å². The number of rotatable bonds is 0. The van der Waals surface area contributed by atoms with Crippen LogP contribution in [0, 0.1) is 0 Å². The molecule has 0 saturated heterocycles. The van der Waals surface area contributed by atoms with Crippen molar-refractivity contribution in [3.63, 3.8) is 0 Å². The summed E-state index contributed by atoms with van der Waals surface area (Å²) in [4.78, 5) is 0. The largest absolute Gasteiger partial charge is 0.375 e. The summed E-state index contributed by atoms with van der Waals surface area (Å²) in [6.45, 7) is 0. The van der Waals surface area contributed by atoms with Crippen molar-refractivity contribution >= 4 is 11.8 Å². The van der Waals surface area contributed by atoms with E-state index in [9.17, 15) is 0 Å². The highest BCUT2D eigenvalue weighted by Gasteiger charge is 2.15. The predicted molar refractivity (Wildman–Crippen MR) is 40.9 cm³/mol. The molecule has 0 aromatic carbocycles. The van der Waals surface area contributed by atoms with E-state index in [0.717, 1.165) is 0 Å². The number of hydrogen-bond donors (Lipinski definition) is 1. The Bertz CT molecular complexity index is 203. The maximum atomic E-state index is 3.22. The molecule has 0 fully saturated rings. The van der Waals surface area contributed by atoms with Gasteiger partial charge in [0.2, 0.25) is 0 Å². The Hall–Kier alpha value is -0.630. The Labute approximate surface area is 58.5 Å². The van der Waals surface area contributed by atoms with Crippen LogP contribution in [0.15, 0.2) is 35.4 Å². The van der Waals surface area contributed by atoms with Crippen LogP contribution in [-0.2, 0) is 0 Å². The highest BCUT2D eigenvalue weighted by atomic mass is 32.2. The number of hydrogen-bond acceptors (Lipinski definition) is 2. The smallest absolute Gasteiger partial charge is 0.102 e. The van der Waals surface area contributed by atoms with Gasteiger partial charge in [-0.3, -0.25) is 0 Å². The standard InChI is InChI=1S/C7H7NS/c1-2-6-3-4-8-7(6)9-5-1/h1-5,7-8H. The van der Waals surface area contributed by atoms with E-state index in [4.69, 9.17) is 0 Å². The van der Waals surface area contributed by atoms with Gasteiger partial charge in [0.15, 0.2) is 0 Å². The molecule has 0 aromatic heterocycles. The van der Waals surface area contributed by atoms with Gasteiger partial charge in [0.05, 0.1) is 0 Å². The van der Waals surface area contributed by atoms with E-state index < -0.39 is 0 Å². The summed E-state index contributed by atoms with van der Waals surface area (Å²) in [5.41, 5.74) is 1.38. The molecule has 0 saturated carbocycles. The molecule has 2 heterocycles. The number of thioether (sulfide) groups is 1. The van der Waals surface area contributed by atoms with Crippen molar-refractivity contribution in [2.24, 2.45) is 0 Å². The van der Waals surface area contributed by atoms with Crippen molar-refractivity contribution < 1.29 is 0 Å². The van der Waals surface area contributed by atoms with Gasteiger partial charge in [-0.15, -0.1) is 11.8 Å². The van der Waals surface area contributed by atoms with Gasteiger partial charge >= 0.3 is 0 Å². The molecule has 2 aliphatic heterocycles. The van der Waals surface area contributed by atoms with Crippen LogP contribution >= 0.6 is 11.8 Å². The molecule has 0 aromatic rings. The molecular weight excluding hydrogens is 130 g/mol. The molecule has 1 nitrogen and oxygen atoms in total. The fourth-order valence-electron chi connectivity index (χ4n) is 0.950. The molecule has 0 amide bonds. The Morgan fingerprint density at radius 1 is 1.56 bits per heavy atom. The van der Waals surface area contributed by atoms with Crippen LogP contribution in [0.2, 0.25) is 0 Å². The molecule has 1 atom stereocenters. The van der Waals surface area contributed by atoms with Gasteiger partial charge in [-0.2, -0.15) is 0 Å². The summed E-state index contributed by atoms with van der Waals surface area (Å²) >= 11 is 1.81. The van der Waals surface area contributed by atoms with Crippen molar-refractivity contribution in [1.29, 1.82) is 0 Å². The molecule has 0 radical (unpaired) electrons. The van der Waals surface area contributed by atoms with Crippen molar-refractivity contribution in [1.82, 2.24) is 5.32 Å². The topological polar surface area (TPSA) is 12.0 Å². The normalized spacial score (nSPS) is 29.3. The van der Waals surface area contributed by atoms with Crippen LogP contribution in [0.3, 0.4) is 0 Å². The highest BCUT2D eigenvalue weighted by molar-refractivity contribution is 8.02. The minimum absolute atomic E-state index is 0.495. The lowest BCUT2D eigenvalue weighted by Crippen LogP contribution is -2.16. The molecule has 9 heavy (non-hydrogen) atoms. The van der Waals surface area contributed by atoms with Crippen LogP contribution in [0.1, 0.15) is 0 Å². The zero-order valence-corrected chi connectivity index (χ0v) is 5.69. The van der Waals surface area contributed by atoms with Gasteiger partial charge in [0.25, 0.3) is 0 Å². The van der Waals surface area contributed by atoms with E-state index in [1.165, 1.54) is 5.57 Å². The molecule has 1 unspecified atom stereocenters. The van der Waals surface area contributed by atoms with Gasteiger partial charge in [0.1, 0.15) is 5.37 Å². The van der Waals surface area contributed by atoms with Gasteiger partial charge in [-0.1, -0.05) is 12.2 Å². The van der Waals surface area contributed by atoms with Crippen LogP contribution < -0.4 is 5.32 Å². The Morgan fingerprint density at radius 2 is 2.56 bits per heavy atom. The third-order valence-electron chi connectivity index (χ3n) is 1.41. The lowest BCUT2D eigenvalue weighted by molar-refractivity contribution is 0.943. The van der Waals surface area contributed by atoms with Crippen molar-refractivity contribution in [3.05, 3.63) is 35.4 Å². The second-order valence-electron chi connectivity index (χ2n) is 2.01. The zero-order valence-electron chi connectivity index (χ0n) is 4.87. The first-order chi connectivity index (χ1) is 4.47.